The Morgan fingerprint density at radius 2 is 2.40 bits per heavy atom. The number of nitrogens with zero attached hydrogens (tertiary/aromatic N) is 1. The molecule has 0 aromatic carbocycles. The minimum Gasteiger partial charge on any atom is -0.393 e. The van der Waals surface area contributed by atoms with Crippen molar-refractivity contribution in [2.75, 3.05) is 20.1 Å². The molecule has 1 aliphatic rings. The van der Waals surface area contributed by atoms with Gasteiger partial charge in [0.1, 0.15) is 0 Å². The van der Waals surface area contributed by atoms with E-state index in [1.54, 1.807) is 0 Å². The van der Waals surface area contributed by atoms with Crippen molar-refractivity contribution in [3.8, 4) is 0 Å². The number of hydrogen-bond acceptors (Lipinski definition) is 2. The van der Waals surface area contributed by atoms with Crippen LogP contribution in [-0.2, 0) is 0 Å². The van der Waals surface area contributed by atoms with Crippen LogP contribution in [0.15, 0.2) is 0 Å². The van der Waals surface area contributed by atoms with Gasteiger partial charge in [0.2, 0.25) is 0 Å². The van der Waals surface area contributed by atoms with Gasteiger partial charge in [0, 0.05) is 12.5 Å². The van der Waals surface area contributed by atoms with Crippen LogP contribution < -0.4 is 5.73 Å². The summed E-state index contributed by atoms with van der Waals surface area (Å²) in [5, 5.41) is 0. The molecule has 2 nitrogen and oxygen atoms in total. The van der Waals surface area contributed by atoms with E-state index in [0.717, 1.165) is 6.54 Å². The van der Waals surface area contributed by atoms with Gasteiger partial charge in [-0.25, -0.2) is 0 Å². The number of likely N-dealkylation sites (tertiary alicyclic amines) is 1. The van der Waals surface area contributed by atoms with E-state index in [-0.39, 0.29) is 0 Å². The molecule has 1 heterocycles. The lowest BCUT2D eigenvalue weighted by atomic mass is 9.99. The molecule has 10 heavy (non-hydrogen) atoms. The van der Waals surface area contributed by atoms with E-state index in [4.69, 9.17) is 18.0 Å². The highest BCUT2D eigenvalue weighted by Gasteiger charge is 2.18. The molecule has 58 valence electrons. The topological polar surface area (TPSA) is 29.3 Å². The molecule has 0 aromatic rings. The van der Waals surface area contributed by atoms with E-state index in [9.17, 15) is 0 Å². The molecule has 0 amide bonds. The second-order valence-corrected chi connectivity index (χ2v) is 3.48. The molecule has 0 aromatic heterocycles. The minimum atomic E-state index is 0.466. The number of rotatable bonds is 1. The number of nitrogens with two attached hydrogens (primary N) is 1. The van der Waals surface area contributed by atoms with E-state index >= 15 is 0 Å². The Morgan fingerprint density at radius 1 is 1.70 bits per heavy atom. The Balaban J connectivity index is 2.39. The second-order valence-electron chi connectivity index (χ2n) is 3.00. The van der Waals surface area contributed by atoms with E-state index in [0.29, 0.717) is 10.9 Å². The molecule has 0 bridgehead atoms. The van der Waals surface area contributed by atoms with Gasteiger partial charge in [-0.1, -0.05) is 12.2 Å². The predicted octanol–water partition coefficient (Wildman–Crippen LogP) is 0.614. The average Bonchev–Trinajstić information content (AvgIpc) is 1.88. The molecule has 2 N–H and O–H groups in total. The molecule has 1 rings (SSSR count). The van der Waals surface area contributed by atoms with Crippen molar-refractivity contribution in [2.24, 2.45) is 11.7 Å². The zero-order chi connectivity index (χ0) is 7.56. The monoisotopic (exact) mass is 158 g/mol. The molecule has 1 unspecified atom stereocenters. The smallest absolute Gasteiger partial charge is 0.0771 e. The van der Waals surface area contributed by atoms with Crippen LogP contribution in [0, 0.1) is 5.92 Å². The maximum atomic E-state index is 5.53. The molecule has 1 aliphatic heterocycles. The summed E-state index contributed by atoms with van der Waals surface area (Å²) in [7, 11) is 2.12. The van der Waals surface area contributed by atoms with Crippen molar-refractivity contribution >= 4 is 17.2 Å². The zero-order valence-corrected chi connectivity index (χ0v) is 7.16. The largest absolute Gasteiger partial charge is 0.393 e. The molecule has 0 spiro atoms. The van der Waals surface area contributed by atoms with Crippen molar-refractivity contribution in [3.63, 3.8) is 0 Å². The summed E-state index contributed by atoms with van der Waals surface area (Å²) in [6.45, 7) is 2.24. The van der Waals surface area contributed by atoms with Crippen molar-refractivity contribution in [1.29, 1.82) is 0 Å². The number of hydrogen-bond donors (Lipinski definition) is 1. The molecule has 3 heteroatoms. The fourth-order valence-corrected chi connectivity index (χ4v) is 1.59. The molecule has 0 aliphatic carbocycles. The standard InChI is InChI=1S/C7H14N2S/c1-9-4-2-3-6(5-9)7(8)10/h6H,2-5H2,1H3,(H2,8,10). The average molecular weight is 158 g/mol. The van der Waals surface area contributed by atoms with Gasteiger partial charge in [-0.05, 0) is 26.4 Å². The summed E-state index contributed by atoms with van der Waals surface area (Å²) < 4.78 is 0. The fourth-order valence-electron chi connectivity index (χ4n) is 1.40. The highest BCUT2D eigenvalue weighted by molar-refractivity contribution is 7.80. The van der Waals surface area contributed by atoms with Gasteiger partial charge in [-0.2, -0.15) is 0 Å². The second kappa shape index (κ2) is 3.30. The lowest BCUT2D eigenvalue weighted by Gasteiger charge is -2.28. The first kappa shape index (κ1) is 7.95. The Hall–Kier alpha value is -0.150. The lowest BCUT2D eigenvalue weighted by Crippen LogP contribution is -2.38. The summed E-state index contributed by atoms with van der Waals surface area (Å²) in [4.78, 5) is 2.97. The molecule has 1 fully saturated rings. The predicted molar refractivity (Wildman–Crippen MR) is 47.0 cm³/mol. The van der Waals surface area contributed by atoms with Crippen molar-refractivity contribution in [2.45, 2.75) is 12.8 Å². The van der Waals surface area contributed by atoms with E-state index in [1.807, 2.05) is 0 Å². The van der Waals surface area contributed by atoms with Gasteiger partial charge in [0.05, 0.1) is 4.99 Å². The maximum absolute atomic E-state index is 5.53. The summed E-state index contributed by atoms with van der Waals surface area (Å²) in [5.41, 5.74) is 5.53. The zero-order valence-electron chi connectivity index (χ0n) is 6.34. The van der Waals surface area contributed by atoms with Crippen LogP contribution in [0.3, 0.4) is 0 Å². The first-order valence-electron chi connectivity index (χ1n) is 3.68. The number of thiocarbonyl (C=S) groups is 1. The van der Waals surface area contributed by atoms with Crippen LogP contribution >= 0.6 is 12.2 Å². The van der Waals surface area contributed by atoms with Crippen molar-refractivity contribution < 1.29 is 0 Å². The van der Waals surface area contributed by atoms with Crippen LogP contribution in [0.2, 0.25) is 0 Å². The van der Waals surface area contributed by atoms with Gasteiger partial charge >= 0.3 is 0 Å². The Bertz CT molecular complexity index is 136. The number of piperidine rings is 1. The van der Waals surface area contributed by atoms with Crippen LogP contribution in [0.5, 0.6) is 0 Å². The first-order chi connectivity index (χ1) is 4.70. The minimum absolute atomic E-state index is 0.466. The molecule has 0 radical (unpaired) electrons. The van der Waals surface area contributed by atoms with Crippen molar-refractivity contribution in [1.82, 2.24) is 4.90 Å². The van der Waals surface area contributed by atoms with Gasteiger partial charge in [0.25, 0.3) is 0 Å². The van der Waals surface area contributed by atoms with Gasteiger partial charge in [0.15, 0.2) is 0 Å². The molecular weight excluding hydrogens is 144 g/mol. The van der Waals surface area contributed by atoms with E-state index in [1.165, 1.54) is 19.4 Å². The van der Waals surface area contributed by atoms with Gasteiger partial charge in [-0.15, -0.1) is 0 Å². The third-order valence-electron chi connectivity index (χ3n) is 2.03. The van der Waals surface area contributed by atoms with Gasteiger partial charge < -0.3 is 10.6 Å². The highest BCUT2D eigenvalue weighted by Crippen LogP contribution is 2.14. The quantitative estimate of drug-likeness (QED) is 0.567. The highest BCUT2D eigenvalue weighted by atomic mass is 32.1. The summed E-state index contributed by atoms with van der Waals surface area (Å²) in [5.74, 6) is 0.466. The van der Waals surface area contributed by atoms with Crippen LogP contribution in [0.1, 0.15) is 12.8 Å². The fraction of sp³-hybridized carbons (Fsp3) is 0.857. The molecule has 0 saturated carbocycles. The summed E-state index contributed by atoms with van der Waals surface area (Å²) >= 11 is 4.92. The lowest BCUT2D eigenvalue weighted by molar-refractivity contribution is 0.247. The van der Waals surface area contributed by atoms with E-state index in [2.05, 4.69) is 11.9 Å². The van der Waals surface area contributed by atoms with Crippen molar-refractivity contribution in [3.05, 3.63) is 0 Å². The van der Waals surface area contributed by atoms with Crippen LogP contribution in [-0.4, -0.2) is 30.0 Å². The third kappa shape index (κ3) is 1.92. The van der Waals surface area contributed by atoms with E-state index < -0.39 is 0 Å². The molecule has 1 atom stereocenters. The van der Waals surface area contributed by atoms with Crippen LogP contribution in [0.25, 0.3) is 0 Å². The maximum Gasteiger partial charge on any atom is 0.0771 e. The molecular formula is C7H14N2S. The van der Waals surface area contributed by atoms with Gasteiger partial charge in [-0.3, -0.25) is 0 Å². The summed E-state index contributed by atoms with van der Waals surface area (Å²) in [6, 6.07) is 0. The SMILES string of the molecule is CN1CCCC(C(N)=S)C1. The first-order valence-corrected chi connectivity index (χ1v) is 4.09. The summed E-state index contributed by atoms with van der Waals surface area (Å²) in [6.07, 6.45) is 2.41. The third-order valence-corrected chi connectivity index (χ3v) is 2.36. The Morgan fingerprint density at radius 3 is 2.80 bits per heavy atom. The van der Waals surface area contributed by atoms with Crippen LogP contribution in [0.4, 0.5) is 0 Å². The Kier molecular flexibility index (Phi) is 2.63. The molecule has 1 saturated heterocycles. The normalized spacial score (nSPS) is 28.3. The Labute approximate surface area is 67.4 Å².